The molecule has 2 heterocycles. The summed E-state index contributed by atoms with van der Waals surface area (Å²) in [6, 6.07) is 2.28. The molecule has 1 atom stereocenters. The molecule has 1 amide bonds. The number of nitro groups is 1. The third-order valence-corrected chi connectivity index (χ3v) is 3.19. The molecule has 1 fully saturated rings. The van der Waals surface area contributed by atoms with Gasteiger partial charge in [0.15, 0.2) is 0 Å². The zero-order valence-electron chi connectivity index (χ0n) is 11.0. The van der Waals surface area contributed by atoms with Crippen LogP contribution in [0.1, 0.15) is 13.3 Å². The largest absolute Gasteiger partial charge is 0.353 e. The smallest absolute Gasteiger partial charge is 0.311 e. The molecule has 2 rings (SSSR count). The van der Waals surface area contributed by atoms with Crippen molar-refractivity contribution >= 4 is 23.2 Å². The van der Waals surface area contributed by atoms with E-state index in [0.29, 0.717) is 25.3 Å². The molecule has 0 bridgehead atoms. The third kappa shape index (κ3) is 2.48. The van der Waals surface area contributed by atoms with E-state index in [1.165, 1.54) is 12.1 Å². The van der Waals surface area contributed by atoms with Crippen molar-refractivity contribution in [2.75, 3.05) is 23.4 Å². The number of anilines is 2. The van der Waals surface area contributed by atoms with Crippen molar-refractivity contribution < 1.29 is 9.72 Å². The second-order valence-corrected chi connectivity index (χ2v) is 4.35. The Morgan fingerprint density at radius 1 is 1.65 bits per heavy atom. The van der Waals surface area contributed by atoms with Crippen molar-refractivity contribution in [3.8, 4) is 0 Å². The van der Waals surface area contributed by atoms with Gasteiger partial charge >= 0.3 is 5.69 Å². The number of nitrogens with zero attached hydrogens (tertiary/aromatic N) is 3. The zero-order chi connectivity index (χ0) is 14.7. The summed E-state index contributed by atoms with van der Waals surface area (Å²) in [7, 11) is 0. The molecule has 108 valence electrons. The Kier molecular flexibility index (Phi) is 3.99. The lowest BCUT2D eigenvalue weighted by molar-refractivity contribution is -0.384. The van der Waals surface area contributed by atoms with Gasteiger partial charge in [0.05, 0.1) is 4.92 Å². The first-order valence-electron chi connectivity index (χ1n) is 6.25. The van der Waals surface area contributed by atoms with E-state index in [9.17, 15) is 14.9 Å². The van der Waals surface area contributed by atoms with Gasteiger partial charge < -0.3 is 15.6 Å². The fraction of sp³-hybridized carbons (Fsp3) is 0.455. The van der Waals surface area contributed by atoms with Gasteiger partial charge in [0.2, 0.25) is 11.7 Å². The highest BCUT2D eigenvalue weighted by Gasteiger charge is 2.33. The molecule has 0 aliphatic carbocycles. The minimum atomic E-state index is -0.512. The number of nitrogens with one attached hydrogen (secondary N) is 2. The maximum absolute atomic E-state index is 11.9. The molecule has 20 heavy (non-hydrogen) atoms. The van der Waals surface area contributed by atoms with Crippen LogP contribution in [0.5, 0.6) is 0 Å². The highest BCUT2D eigenvalue weighted by Crippen LogP contribution is 2.30. The Bertz CT molecular complexity index is 535. The fourth-order valence-corrected chi connectivity index (χ4v) is 2.25. The van der Waals surface area contributed by atoms with Crippen molar-refractivity contribution in [1.29, 1.82) is 0 Å². The first-order chi connectivity index (χ1) is 9.58. The summed E-state index contributed by atoms with van der Waals surface area (Å²) >= 11 is 0. The van der Waals surface area contributed by atoms with E-state index in [1.807, 2.05) is 6.92 Å². The van der Waals surface area contributed by atoms with E-state index >= 15 is 0 Å². The number of nitrogen functional groups attached to an aromatic ring is 1. The highest BCUT2D eigenvalue weighted by atomic mass is 16.6. The number of carbonyl (C=O) groups excluding carboxylic acids is 1. The van der Waals surface area contributed by atoms with Gasteiger partial charge in [0.1, 0.15) is 11.9 Å². The average molecular weight is 280 g/mol. The zero-order valence-corrected chi connectivity index (χ0v) is 11.0. The number of aromatic nitrogens is 1. The monoisotopic (exact) mass is 280 g/mol. The number of carbonyl (C=O) groups is 1. The molecule has 0 radical (unpaired) electrons. The molecule has 1 aromatic rings. The summed E-state index contributed by atoms with van der Waals surface area (Å²) < 4.78 is 0. The van der Waals surface area contributed by atoms with E-state index in [-0.39, 0.29) is 17.4 Å². The summed E-state index contributed by atoms with van der Waals surface area (Å²) in [4.78, 5) is 28.3. The van der Waals surface area contributed by atoms with Crippen LogP contribution in [0.25, 0.3) is 0 Å². The topological polar surface area (TPSA) is 126 Å². The van der Waals surface area contributed by atoms with Crippen LogP contribution in [0.2, 0.25) is 0 Å². The molecule has 4 N–H and O–H groups in total. The molecule has 0 saturated carbocycles. The second kappa shape index (κ2) is 5.70. The molecular formula is C11H16N6O3. The van der Waals surface area contributed by atoms with Crippen LogP contribution < -0.4 is 21.5 Å². The molecule has 0 aromatic carbocycles. The summed E-state index contributed by atoms with van der Waals surface area (Å²) in [6.45, 7) is 2.74. The SMILES string of the molecule is CCC1C(=O)NCCN1c1nc(NN)ccc1[N+](=O)[O-]. The number of hydrogen-bond acceptors (Lipinski definition) is 7. The van der Waals surface area contributed by atoms with Crippen molar-refractivity contribution in [3.63, 3.8) is 0 Å². The fourth-order valence-electron chi connectivity index (χ4n) is 2.25. The summed E-state index contributed by atoms with van der Waals surface area (Å²) in [5.41, 5.74) is 2.21. The predicted molar refractivity (Wildman–Crippen MR) is 73.1 cm³/mol. The minimum Gasteiger partial charge on any atom is -0.353 e. The first kappa shape index (κ1) is 14.0. The van der Waals surface area contributed by atoms with Gasteiger partial charge in [-0.3, -0.25) is 14.9 Å². The van der Waals surface area contributed by atoms with Crippen LogP contribution in [0.15, 0.2) is 12.1 Å². The molecule has 0 spiro atoms. The van der Waals surface area contributed by atoms with Gasteiger partial charge in [-0.1, -0.05) is 6.92 Å². The normalized spacial score (nSPS) is 18.6. The number of pyridine rings is 1. The molecule has 1 aliphatic rings. The molecule has 1 aromatic heterocycles. The maximum Gasteiger partial charge on any atom is 0.311 e. The number of hydrogen-bond donors (Lipinski definition) is 3. The first-order valence-corrected chi connectivity index (χ1v) is 6.25. The lowest BCUT2D eigenvalue weighted by Gasteiger charge is -2.35. The van der Waals surface area contributed by atoms with Crippen molar-refractivity contribution in [3.05, 3.63) is 22.2 Å². The Hall–Kier alpha value is -2.42. The summed E-state index contributed by atoms with van der Waals surface area (Å²) in [6.07, 6.45) is 0.533. The van der Waals surface area contributed by atoms with Gasteiger partial charge in [-0.2, -0.15) is 0 Å². The summed E-state index contributed by atoms with van der Waals surface area (Å²) in [5, 5.41) is 13.9. The van der Waals surface area contributed by atoms with Gasteiger partial charge in [-0.05, 0) is 12.5 Å². The Morgan fingerprint density at radius 3 is 3.00 bits per heavy atom. The number of rotatable bonds is 4. The lowest BCUT2D eigenvalue weighted by Crippen LogP contribution is -2.55. The van der Waals surface area contributed by atoms with E-state index in [4.69, 9.17) is 5.84 Å². The molecular weight excluding hydrogens is 264 g/mol. The van der Waals surface area contributed by atoms with Crippen LogP contribution in [0.4, 0.5) is 17.3 Å². The Labute approximate surface area is 115 Å². The number of hydrazine groups is 1. The van der Waals surface area contributed by atoms with Gasteiger partial charge in [0.25, 0.3) is 0 Å². The molecule has 1 saturated heterocycles. The number of amides is 1. The van der Waals surface area contributed by atoms with E-state index in [2.05, 4.69) is 15.7 Å². The minimum absolute atomic E-state index is 0.142. The van der Waals surface area contributed by atoms with Gasteiger partial charge in [-0.15, -0.1) is 0 Å². The van der Waals surface area contributed by atoms with E-state index in [0.717, 1.165) is 0 Å². The van der Waals surface area contributed by atoms with E-state index < -0.39 is 11.0 Å². The van der Waals surface area contributed by atoms with Crippen LogP contribution >= 0.6 is 0 Å². The Morgan fingerprint density at radius 2 is 2.40 bits per heavy atom. The van der Waals surface area contributed by atoms with Crippen LogP contribution in [-0.4, -0.2) is 34.9 Å². The second-order valence-electron chi connectivity index (χ2n) is 4.35. The van der Waals surface area contributed by atoms with Gasteiger partial charge in [0, 0.05) is 19.2 Å². The van der Waals surface area contributed by atoms with Crippen molar-refractivity contribution in [2.45, 2.75) is 19.4 Å². The summed E-state index contributed by atoms with van der Waals surface area (Å²) in [5.74, 6) is 5.61. The third-order valence-electron chi connectivity index (χ3n) is 3.19. The Balaban J connectivity index is 2.47. The molecule has 9 heteroatoms. The standard InChI is InChI=1S/C11H16N6O3/c1-2-7-11(18)13-5-6-16(7)10-8(17(19)20)3-4-9(14-10)15-12/h3-4,7H,2,5-6,12H2,1H3,(H,13,18)(H,14,15). The van der Waals surface area contributed by atoms with Crippen LogP contribution in [0, 0.1) is 10.1 Å². The van der Waals surface area contributed by atoms with Crippen LogP contribution in [-0.2, 0) is 4.79 Å². The maximum atomic E-state index is 11.9. The van der Waals surface area contributed by atoms with Crippen molar-refractivity contribution in [1.82, 2.24) is 10.3 Å². The molecule has 9 nitrogen and oxygen atoms in total. The molecule has 1 aliphatic heterocycles. The van der Waals surface area contributed by atoms with E-state index in [1.54, 1.807) is 4.90 Å². The van der Waals surface area contributed by atoms with Gasteiger partial charge in [-0.25, -0.2) is 10.8 Å². The van der Waals surface area contributed by atoms with Crippen molar-refractivity contribution in [2.24, 2.45) is 5.84 Å². The quantitative estimate of drug-likeness (QED) is 0.402. The highest BCUT2D eigenvalue weighted by molar-refractivity contribution is 5.87. The average Bonchev–Trinajstić information content (AvgIpc) is 2.46. The van der Waals surface area contributed by atoms with Crippen LogP contribution in [0.3, 0.4) is 0 Å². The lowest BCUT2D eigenvalue weighted by atomic mass is 10.1. The number of piperazine rings is 1. The number of nitrogens with two attached hydrogens (primary N) is 1. The molecule has 1 unspecified atom stereocenters. The predicted octanol–water partition coefficient (Wildman–Crippen LogP) is -0.00980.